The molecule has 3 aromatic rings. The zero-order valence-electron chi connectivity index (χ0n) is 21.3. The Morgan fingerprint density at radius 1 is 0.919 bits per heavy atom. The molecule has 6 nitrogen and oxygen atoms in total. The number of halogens is 1. The van der Waals surface area contributed by atoms with Crippen molar-refractivity contribution in [2.45, 2.75) is 38.6 Å². The Bertz CT molecular complexity index is 1350. The van der Waals surface area contributed by atoms with E-state index in [-0.39, 0.29) is 17.7 Å². The van der Waals surface area contributed by atoms with Gasteiger partial charge in [0.15, 0.2) is 17.3 Å². The minimum Gasteiger partial charge on any atom is -0.496 e. The van der Waals surface area contributed by atoms with Crippen LogP contribution >= 0.6 is 15.9 Å². The van der Waals surface area contributed by atoms with Gasteiger partial charge < -0.3 is 24.8 Å². The number of anilines is 2. The molecule has 0 bridgehead atoms. The first-order valence-electron chi connectivity index (χ1n) is 12.6. The van der Waals surface area contributed by atoms with Crippen molar-refractivity contribution in [1.82, 2.24) is 0 Å². The Labute approximate surface area is 226 Å². The van der Waals surface area contributed by atoms with Gasteiger partial charge >= 0.3 is 0 Å². The fourth-order valence-corrected chi connectivity index (χ4v) is 5.84. The van der Waals surface area contributed by atoms with Crippen molar-refractivity contribution in [3.05, 3.63) is 87.5 Å². The topological polar surface area (TPSA) is 68.8 Å². The lowest BCUT2D eigenvalue weighted by molar-refractivity contribution is -0.116. The number of allylic oxidation sites excluding steroid dienone is 1. The lowest BCUT2D eigenvalue weighted by atomic mass is 9.78. The second-order valence-electron chi connectivity index (χ2n) is 9.11. The van der Waals surface area contributed by atoms with Crippen LogP contribution in [0.5, 0.6) is 17.2 Å². The average molecular weight is 563 g/mol. The molecule has 0 amide bonds. The highest BCUT2D eigenvalue weighted by Gasteiger charge is 2.37. The molecule has 0 saturated carbocycles. The van der Waals surface area contributed by atoms with E-state index in [0.29, 0.717) is 37.6 Å². The highest BCUT2D eigenvalue weighted by atomic mass is 79.9. The van der Waals surface area contributed by atoms with Gasteiger partial charge in [-0.2, -0.15) is 0 Å². The summed E-state index contributed by atoms with van der Waals surface area (Å²) in [6.07, 6.45) is 1.11. The summed E-state index contributed by atoms with van der Waals surface area (Å²) >= 11 is 3.68. The predicted octanol–water partition coefficient (Wildman–Crippen LogP) is 7.23. The number of benzene rings is 3. The van der Waals surface area contributed by atoms with Crippen LogP contribution < -0.4 is 24.8 Å². The Balaban J connectivity index is 1.63. The van der Waals surface area contributed by atoms with Crippen LogP contribution in [0.3, 0.4) is 0 Å². The molecule has 1 aliphatic heterocycles. The van der Waals surface area contributed by atoms with Crippen molar-refractivity contribution < 1.29 is 19.0 Å². The molecule has 5 rings (SSSR count). The van der Waals surface area contributed by atoms with Crippen LogP contribution in [0.25, 0.3) is 0 Å². The third-order valence-electron chi connectivity index (χ3n) is 6.84. The maximum atomic E-state index is 13.9. The van der Waals surface area contributed by atoms with Gasteiger partial charge in [0, 0.05) is 23.6 Å². The van der Waals surface area contributed by atoms with Crippen molar-refractivity contribution in [2.24, 2.45) is 0 Å². The number of para-hydroxylation sites is 3. The molecular weight excluding hydrogens is 532 g/mol. The molecule has 7 heteroatoms. The number of ether oxygens (including phenoxy) is 3. The van der Waals surface area contributed by atoms with Gasteiger partial charge in [0.1, 0.15) is 5.75 Å². The summed E-state index contributed by atoms with van der Waals surface area (Å²) in [5.41, 5.74) is 5.54. The van der Waals surface area contributed by atoms with Gasteiger partial charge in [-0.15, -0.1) is 0 Å². The van der Waals surface area contributed by atoms with Crippen LogP contribution in [-0.2, 0) is 4.79 Å². The first-order chi connectivity index (χ1) is 18.0. The van der Waals surface area contributed by atoms with Crippen LogP contribution in [0.1, 0.15) is 49.8 Å². The van der Waals surface area contributed by atoms with Gasteiger partial charge in [-0.1, -0.05) is 30.3 Å². The highest BCUT2D eigenvalue weighted by Crippen LogP contribution is 2.47. The van der Waals surface area contributed by atoms with Crippen molar-refractivity contribution in [3.8, 4) is 17.2 Å². The van der Waals surface area contributed by atoms with E-state index in [0.717, 1.165) is 44.0 Å². The lowest BCUT2D eigenvalue weighted by Crippen LogP contribution is -2.27. The molecule has 0 fully saturated rings. The normalized spacial score (nSPS) is 18.6. The number of nitrogens with one attached hydrogen (secondary N) is 2. The molecule has 3 aromatic carbocycles. The SMILES string of the molecule is CCOc1cc(C2Nc3ccccc3NC3=C2C(=O)CC(c2ccccc2OC)C3)cc(Br)c1OCC. The number of hydrogen-bond acceptors (Lipinski definition) is 6. The Morgan fingerprint density at radius 2 is 1.65 bits per heavy atom. The number of Topliss-reactive ketones (excluding diaryl/α,β-unsaturated/α-hetero) is 1. The molecular formula is C30H31BrN2O4. The smallest absolute Gasteiger partial charge is 0.175 e. The van der Waals surface area contributed by atoms with Gasteiger partial charge in [-0.3, -0.25) is 4.79 Å². The van der Waals surface area contributed by atoms with E-state index in [2.05, 4.69) is 32.6 Å². The quantitative estimate of drug-likeness (QED) is 0.316. The Kier molecular flexibility index (Phi) is 7.42. The second kappa shape index (κ2) is 10.9. The van der Waals surface area contributed by atoms with E-state index >= 15 is 0 Å². The molecule has 2 N–H and O–H groups in total. The molecule has 2 atom stereocenters. The lowest BCUT2D eigenvalue weighted by Gasteiger charge is -2.30. The number of hydrogen-bond donors (Lipinski definition) is 2. The van der Waals surface area contributed by atoms with Crippen LogP contribution in [-0.4, -0.2) is 26.1 Å². The molecule has 37 heavy (non-hydrogen) atoms. The van der Waals surface area contributed by atoms with Gasteiger partial charge in [-0.05, 0) is 77.7 Å². The molecule has 0 radical (unpaired) electrons. The number of ketones is 1. The van der Waals surface area contributed by atoms with Gasteiger partial charge in [0.25, 0.3) is 0 Å². The van der Waals surface area contributed by atoms with Crippen LogP contribution in [0.4, 0.5) is 11.4 Å². The first-order valence-corrected chi connectivity index (χ1v) is 13.4. The third-order valence-corrected chi connectivity index (χ3v) is 7.43. The molecule has 1 heterocycles. The average Bonchev–Trinajstić information content (AvgIpc) is 3.07. The second-order valence-corrected chi connectivity index (χ2v) is 9.96. The van der Waals surface area contributed by atoms with Crippen molar-refractivity contribution in [3.63, 3.8) is 0 Å². The number of carbonyl (C=O) groups is 1. The summed E-state index contributed by atoms with van der Waals surface area (Å²) in [6, 6.07) is 19.7. The van der Waals surface area contributed by atoms with E-state index < -0.39 is 0 Å². The molecule has 2 unspecified atom stereocenters. The maximum absolute atomic E-state index is 13.9. The van der Waals surface area contributed by atoms with E-state index in [9.17, 15) is 4.79 Å². The zero-order chi connectivity index (χ0) is 25.9. The first kappa shape index (κ1) is 25.2. The molecule has 0 saturated heterocycles. The fourth-order valence-electron chi connectivity index (χ4n) is 5.27. The number of rotatable bonds is 7. The van der Waals surface area contributed by atoms with Crippen LogP contribution in [0.15, 0.2) is 76.4 Å². The van der Waals surface area contributed by atoms with E-state index in [1.165, 1.54) is 0 Å². The van der Waals surface area contributed by atoms with Crippen molar-refractivity contribution in [1.29, 1.82) is 0 Å². The summed E-state index contributed by atoms with van der Waals surface area (Å²) in [6.45, 7) is 4.92. The molecule has 192 valence electrons. The number of fused-ring (bicyclic) bond motifs is 1. The number of carbonyl (C=O) groups excluding carboxylic acids is 1. The summed E-state index contributed by atoms with van der Waals surface area (Å²) in [5, 5.41) is 7.25. The van der Waals surface area contributed by atoms with Crippen LogP contribution in [0, 0.1) is 0 Å². The van der Waals surface area contributed by atoms with Crippen LogP contribution in [0.2, 0.25) is 0 Å². The summed E-state index contributed by atoms with van der Waals surface area (Å²) in [5.74, 6) is 2.26. The maximum Gasteiger partial charge on any atom is 0.175 e. The highest BCUT2D eigenvalue weighted by molar-refractivity contribution is 9.10. The van der Waals surface area contributed by atoms with E-state index in [1.807, 2.05) is 68.4 Å². The monoisotopic (exact) mass is 562 g/mol. The van der Waals surface area contributed by atoms with Gasteiger partial charge in [0.2, 0.25) is 0 Å². The van der Waals surface area contributed by atoms with Crippen molar-refractivity contribution >= 4 is 33.1 Å². The van der Waals surface area contributed by atoms with E-state index in [4.69, 9.17) is 14.2 Å². The fraction of sp³-hybridized carbons (Fsp3) is 0.300. The van der Waals surface area contributed by atoms with Gasteiger partial charge in [0.05, 0.1) is 42.2 Å². The third kappa shape index (κ3) is 4.92. The minimum atomic E-state index is -0.358. The van der Waals surface area contributed by atoms with Gasteiger partial charge in [-0.25, -0.2) is 0 Å². The molecule has 1 aliphatic carbocycles. The molecule has 2 aliphatic rings. The summed E-state index contributed by atoms with van der Waals surface area (Å²) < 4.78 is 18.2. The summed E-state index contributed by atoms with van der Waals surface area (Å²) in [7, 11) is 1.67. The largest absolute Gasteiger partial charge is 0.496 e. The van der Waals surface area contributed by atoms with Crippen molar-refractivity contribution in [2.75, 3.05) is 31.0 Å². The zero-order valence-corrected chi connectivity index (χ0v) is 22.9. The molecule has 0 spiro atoms. The standard InChI is InChI=1S/C30H31BrN2O4/c1-4-36-27-17-19(14-21(31)30(27)37-5-2)29-28-24(32-22-11-7-8-12-23(22)33-29)15-18(16-25(28)34)20-10-6-9-13-26(20)35-3/h6-14,17-18,29,32-33H,4-5,15-16H2,1-3H3. The predicted molar refractivity (Wildman–Crippen MR) is 150 cm³/mol. The minimum absolute atomic E-state index is 0.0202. The molecule has 0 aromatic heterocycles. The summed E-state index contributed by atoms with van der Waals surface area (Å²) in [4.78, 5) is 13.9. The number of methoxy groups -OCH3 is 1. The Morgan fingerprint density at radius 3 is 2.41 bits per heavy atom. The van der Waals surface area contributed by atoms with E-state index in [1.54, 1.807) is 7.11 Å². The Hall–Kier alpha value is -3.45.